The monoisotopic (exact) mass is 414 g/mol. The topological polar surface area (TPSA) is 96.3 Å². The molecule has 0 unspecified atom stereocenters. The molecular weight excluding hydrogens is 392 g/mol. The molecule has 0 radical (unpaired) electrons. The van der Waals surface area contributed by atoms with Gasteiger partial charge in [0.1, 0.15) is 0 Å². The fraction of sp³-hybridized carbons (Fsp3) is 0.381. The van der Waals surface area contributed by atoms with Gasteiger partial charge >= 0.3 is 6.16 Å². The van der Waals surface area contributed by atoms with Crippen molar-refractivity contribution in [2.75, 3.05) is 27.1 Å². The van der Waals surface area contributed by atoms with Crippen LogP contribution in [0.3, 0.4) is 0 Å². The maximum Gasteiger partial charge on any atom is 0.510 e. The standard InChI is InChI=1S/C21H22N2O7/c1-27-21(26)30-13-29-18-16(24)8-10-22-15(12-14-6-3-2-4-7-14)20-23(9-5-11-28-20)19(25)17(18)22/h2-4,6-8,10,15,20H,5,9,11-13H2,1H3/t15-,20+/m0/s1. The number of carbonyl (C=O) groups excluding carboxylic acids is 2. The van der Waals surface area contributed by atoms with Gasteiger partial charge in [-0.15, -0.1) is 0 Å². The van der Waals surface area contributed by atoms with E-state index in [1.54, 1.807) is 15.7 Å². The molecule has 2 aromatic rings. The van der Waals surface area contributed by atoms with Gasteiger partial charge in [-0.3, -0.25) is 9.59 Å². The SMILES string of the molecule is COC(=O)OCOc1c2n(ccc1=O)[C@@H](Cc1ccccc1)[C@H]1OCCCN1C2=O. The average Bonchev–Trinajstić information content (AvgIpc) is 2.78. The summed E-state index contributed by atoms with van der Waals surface area (Å²) in [6.45, 7) is 0.539. The molecule has 4 rings (SSSR count). The number of benzene rings is 1. The third-order valence-electron chi connectivity index (χ3n) is 5.21. The fourth-order valence-electron chi connectivity index (χ4n) is 3.87. The van der Waals surface area contributed by atoms with Crippen molar-refractivity contribution in [2.45, 2.75) is 25.1 Å². The molecule has 0 saturated carbocycles. The van der Waals surface area contributed by atoms with Crippen LogP contribution in [0.25, 0.3) is 0 Å². The zero-order chi connectivity index (χ0) is 21.1. The predicted molar refractivity (Wildman–Crippen MR) is 104 cm³/mol. The van der Waals surface area contributed by atoms with Gasteiger partial charge in [0.05, 0.1) is 19.8 Å². The van der Waals surface area contributed by atoms with Crippen LogP contribution < -0.4 is 10.2 Å². The van der Waals surface area contributed by atoms with Crippen molar-refractivity contribution in [3.63, 3.8) is 0 Å². The third-order valence-corrected chi connectivity index (χ3v) is 5.21. The first-order chi connectivity index (χ1) is 14.6. The van der Waals surface area contributed by atoms with E-state index < -0.39 is 24.6 Å². The Morgan fingerprint density at radius 3 is 2.77 bits per heavy atom. The number of ether oxygens (including phenoxy) is 4. The van der Waals surface area contributed by atoms with E-state index in [1.807, 2.05) is 30.3 Å². The highest BCUT2D eigenvalue weighted by Gasteiger charge is 2.43. The molecule has 3 heterocycles. The lowest BCUT2D eigenvalue weighted by Gasteiger charge is -2.45. The summed E-state index contributed by atoms with van der Waals surface area (Å²) in [4.78, 5) is 38.6. The molecule has 0 aliphatic carbocycles. The number of pyridine rings is 1. The van der Waals surface area contributed by atoms with Crippen molar-refractivity contribution >= 4 is 12.1 Å². The van der Waals surface area contributed by atoms with Crippen LogP contribution in [0, 0.1) is 0 Å². The summed E-state index contributed by atoms with van der Waals surface area (Å²) >= 11 is 0. The van der Waals surface area contributed by atoms with Crippen LogP contribution in [0.5, 0.6) is 5.75 Å². The molecule has 1 aromatic heterocycles. The quantitative estimate of drug-likeness (QED) is 0.545. The van der Waals surface area contributed by atoms with Gasteiger partial charge in [0.2, 0.25) is 12.2 Å². The van der Waals surface area contributed by atoms with Gasteiger partial charge in [-0.25, -0.2) is 4.79 Å². The van der Waals surface area contributed by atoms with Crippen LogP contribution in [-0.4, -0.2) is 54.8 Å². The lowest BCUT2D eigenvalue weighted by atomic mass is 9.99. The Hall–Kier alpha value is -3.33. The summed E-state index contributed by atoms with van der Waals surface area (Å²) < 4.78 is 22.2. The molecule has 0 spiro atoms. The van der Waals surface area contributed by atoms with Crippen LogP contribution in [0.2, 0.25) is 0 Å². The zero-order valence-corrected chi connectivity index (χ0v) is 16.5. The molecule has 9 heteroatoms. The first kappa shape index (κ1) is 20.0. The minimum Gasteiger partial charge on any atom is -0.451 e. The number of fused-ring (bicyclic) bond motifs is 2. The Morgan fingerprint density at radius 1 is 1.20 bits per heavy atom. The number of aromatic nitrogens is 1. The van der Waals surface area contributed by atoms with Crippen molar-refractivity contribution in [2.24, 2.45) is 0 Å². The molecule has 9 nitrogen and oxygen atoms in total. The summed E-state index contributed by atoms with van der Waals surface area (Å²) in [5.41, 5.74) is 0.726. The van der Waals surface area contributed by atoms with E-state index in [0.29, 0.717) is 26.0 Å². The lowest BCUT2D eigenvalue weighted by molar-refractivity contribution is -0.111. The number of nitrogens with zero attached hydrogens (tertiary/aromatic N) is 2. The summed E-state index contributed by atoms with van der Waals surface area (Å²) in [5.74, 6) is -0.511. The minimum atomic E-state index is -0.947. The zero-order valence-electron chi connectivity index (χ0n) is 16.5. The molecule has 1 saturated heterocycles. The summed E-state index contributed by atoms with van der Waals surface area (Å²) in [6.07, 6.45) is 1.51. The van der Waals surface area contributed by atoms with Gasteiger partial charge in [0, 0.05) is 18.8 Å². The molecule has 2 atom stereocenters. The summed E-state index contributed by atoms with van der Waals surface area (Å²) in [6, 6.07) is 10.9. The Morgan fingerprint density at radius 2 is 2.00 bits per heavy atom. The second kappa shape index (κ2) is 8.58. The Balaban J connectivity index is 1.73. The largest absolute Gasteiger partial charge is 0.510 e. The number of amides is 1. The molecule has 2 aliphatic rings. The number of rotatable bonds is 5. The van der Waals surface area contributed by atoms with E-state index in [1.165, 1.54) is 6.07 Å². The fourth-order valence-corrected chi connectivity index (χ4v) is 3.87. The second-order valence-corrected chi connectivity index (χ2v) is 7.00. The number of hydrogen-bond acceptors (Lipinski definition) is 7. The van der Waals surface area contributed by atoms with Gasteiger partial charge in [-0.1, -0.05) is 30.3 Å². The van der Waals surface area contributed by atoms with E-state index >= 15 is 0 Å². The molecule has 0 bridgehead atoms. The number of methoxy groups -OCH3 is 1. The Bertz CT molecular complexity index is 989. The normalized spacial score (nSPS) is 20.2. The van der Waals surface area contributed by atoms with Crippen LogP contribution in [-0.2, 0) is 20.6 Å². The van der Waals surface area contributed by atoms with Crippen LogP contribution in [0.4, 0.5) is 4.79 Å². The van der Waals surface area contributed by atoms with Gasteiger partial charge in [-0.2, -0.15) is 0 Å². The van der Waals surface area contributed by atoms with Gasteiger partial charge in [0.15, 0.2) is 17.7 Å². The lowest BCUT2D eigenvalue weighted by Crippen LogP contribution is -2.56. The minimum absolute atomic E-state index is 0.124. The molecular formula is C21H22N2O7. The van der Waals surface area contributed by atoms with Gasteiger partial charge < -0.3 is 28.4 Å². The van der Waals surface area contributed by atoms with E-state index in [0.717, 1.165) is 12.7 Å². The smallest absolute Gasteiger partial charge is 0.451 e. The maximum atomic E-state index is 13.2. The van der Waals surface area contributed by atoms with Gasteiger partial charge in [0.25, 0.3) is 5.91 Å². The average molecular weight is 414 g/mol. The molecule has 0 N–H and O–H groups in total. The van der Waals surface area contributed by atoms with Crippen molar-refractivity contribution in [3.05, 3.63) is 64.1 Å². The third kappa shape index (κ3) is 3.76. The van der Waals surface area contributed by atoms with Gasteiger partial charge in [-0.05, 0) is 18.4 Å². The van der Waals surface area contributed by atoms with E-state index in [-0.39, 0.29) is 23.4 Å². The number of carbonyl (C=O) groups is 2. The van der Waals surface area contributed by atoms with Crippen LogP contribution >= 0.6 is 0 Å². The van der Waals surface area contributed by atoms with Crippen molar-refractivity contribution in [1.29, 1.82) is 0 Å². The van der Waals surface area contributed by atoms with E-state index in [4.69, 9.17) is 14.2 Å². The molecule has 1 fully saturated rings. The highest BCUT2D eigenvalue weighted by molar-refractivity contribution is 5.96. The first-order valence-corrected chi connectivity index (χ1v) is 9.65. The Labute approximate surface area is 172 Å². The summed E-state index contributed by atoms with van der Waals surface area (Å²) in [7, 11) is 1.16. The molecule has 1 aromatic carbocycles. The Kier molecular flexibility index (Phi) is 5.71. The number of hydrogen-bond donors (Lipinski definition) is 0. The predicted octanol–water partition coefficient (Wildman–Crippen LogP) is 1.95. The highest BCUT2D eigenvalue weighted by Crippen LogP contribution is 2.35. The second-order valence-electron chi connectivity index (χ2n) is 7.00. The van der Waals surface area contributed by atoms with Crippen LogP contribution in [0.15, 0.2) is 47.4 Å². The highest BCUT2D eigenvalue weighted by atomic mass is 16.8. The maximum absolute atomic E-state index is 13.2. The molecule has 2 aliphatic heterocycles. The van der Waals surface area contributed by atoms with Crippen LogP contribution in [0.1, 0.15) is 28.5 Å². The van der Waals surface area contributed by atoms with E-state index in [9.17, 15) is 14.4 Å². The molecule has 30 heavy (non-hydrogen) atoms. The summed E-state index contributed by atoms with van der Waals surface area (Å²) in [5, 5.41) is 0. The van der Waals surface area contributed by atoms with Crippen molar-refractivity contribution in [3.8, 4) is 5.75 Å². The molecule has 158 valence electrons. The molecule has 1 amide bonds. The first-order valence-electron chi connectivity index (χ1n) is 9.65. The van der Waals surface area contributed by atoms with Crippen molar-refractivity contribution < 1.29 is 28.5 Å². The van der Waals surface area contributed by atoms with E-state index in [2.05, 4.69) is 4.74 Å². The van der Waals surface area contributed by atoms with Crippen molar-refractivity contribution in [1.82, 2.24) is 9.47 Å².